The second-order valence-corrected chi connectivity index (χ2v) is 6.60. The molecule has 2 N–H and O–H groups in total. The molecule has 0 spiro atoms. The number of aliphatic carboxylic acids is 1. The monoisotopic (exact) mass is 375 g/mol. The quantitative estimate of drug-likeness (QED) is 0.776. The Morgan fingerprint density at radius 1 is 1.15 bits per heavy atom. The van der Waals surface area contributed by atoms with Crippen LogP contribution in [0.3, 0.4) is 0 Å². The van der Waals surface area contributed by atoms with Gasteiger partial charge in [-0.2, -0.15) is 0 Å². The summed E-state index contributed by atoms with van der Waals surface area (Å²) in [7, 11) is 0. The molecule has 2 atom stereocenters. The summed E-state index contributed by atoms with van der Waals surface area (Å²) >= 11 is 6.13. The van der Waals surface area contributed by atoms with E-state index in [0.29, 0.717) is 10.8 Å². The van der Waals surface area contributed by atoms with Gasteiger partial charge in [-0.3, -0.25) is 4.79 Å². The van der Waals surface area contributed by atoms with Gasteiger partial charge in [-0.25, -0.2) is 4.79 Å². The molecule has 1 amide bonds. The van der Waals surface area contributed by atoms with Crippen molar-refractivity contribution in [3.8, 4) is 5.75 Å². The third-order valence-corrected chi connectivity index (χ3v) is 4.59. The molecule has 0 saturated heterocycles. The van der Waals surface area contributed by atoms with E-state index in [1.54, 1.807) is 19.1 Å². The Labute approximate surface area is 157 Å². The zero-order valence-corrected chi connectivity index (χ0v) is 15.7. The molecule has 5 nitrogen and oxygen atoms in total. The van der Waals surface area contributed by atoms with Crippen LogP contribution in [0.5, 0.6) is 5.75 Å². The first-order valence-corrected chi connectivity index (χ1v) is 8.66. The lowest BCUT2D eigenvalue weighted by atomic mass is 10.1. The molecular weight excluding hydrogens is 354 g/mol. The predicted octanol–water partition coefficient (Wildman–Crippen LogP) is 3.54. The molecular formula is C20H22ClNO4. The molecule has 0 radical (unpaired) electrons. The Bertz CT molecular complexity index is 769. The van der Waals surface area contributed by atoms with Crippen molar-refractivity contribution in [3.05, 3.63) is 64.2 Å². The maximum atomic E-state index is 12.4. The lowest BCUT2D eigenvalue weighted by molar-refractivity contribution is -0.142. The van der Waals surface area contributed by atoms with Crippen LogP contribution in [0, 0.1) is 13.8 Å². The summed E-state index contributed by atoms with van der Waals surface area (Å²) < 4.78 is 5.66. The van der Waals surface area contributed by atoms with Crippen molar-refractivity contribution in [2.45, 2.75) is 39.3 Å². The lowest BCUT2D eigenvalue weighted by Crippen LogP contribution is -2.47. The molecule has 2 aromatic rings. The van der Waals surface area contributed by atoms with Crippen LogP contribution >= 0.6 is 11.6 Å². The number of aryl methyl sites for hydroxylation is 2. The summed E-state index contributed by atoms with van der Waals surface area (Å²) in [6.07, 6.45) is -0.638. The lowest BCUT2D eigenvalue weighted by Gasteiger charge is -2.19. The minimum absolute atomic E-state index is 0.202. The van der Waals surface area contributed by atoms with Crippen molar-refractivity contribution >= 4 is 23.5 Å². The second-order valence-electron chi connectivity index (χ2n) is 6.22. The van der Waals surface area contributed by atoms with Crippen LogP contribution in [0.4, 0.5) is 0 Å². The summed E-state index contributed by atoms with van der Waals surface area (Å²) in [6.45, 7) is 5.29. The van der Waals surface area contributed by atoms with Gasteiger partial charge >= 0.3 is 5.97 Å². The highest BCUT2D eigenvalue weighted by Gasteiger charge is 2.24. The van der Waals surface area contributed by atoms with Crippen molar-refractivity contribution in [2.24, 2.45) is 0 Å². The van der Waals surface area contributed by atoms with Crippen molar-refractivity contribution in [1.29, 1.82) is 0 Å². The highest BCUT2D eigenvalue weighted by molar-refractivity contribution is 6.32. The molecule has 6 heteroatoms. The first kappa shape index (κ1) is 19.8. The van der Waals surface area contributed by atoms with E-state index in [-0.39, 0.29) is 6.42 Å². The maximum absolute atomic E-state index is 12.4. The summed E-state index contributed by atoms with van der Waals surface area (Å²) in [5, 5.41) is 12.6. The van der Waals surface area contributed by atoms with E-state index in [9.17, 15) is 14.7 Å². The molecule has 0 aliphatic heterocycles. The Morgan fingerprint density at radius 2 is 1.73 bits per heavy atom. The smallest absolute Gasteiger partial charge is 0.326 e. The molecule has 2 unspecified atom stereocenters. The highest BCUT2D eigenvalue weighted by Crippen LogP contribution is 2.26. The van der Waals surface area contributed by atoms with Crippen LogP contribution in [0.1, 0.15) is 23.6 Å². The average molecular weight is 376 g/mol. The molecule has 26 heavy (non-hydrogen) atoms. The number of hydrogen-bond acceptors (Lipinski definition) is 3. The third-order valence-electron chi connectivity index (χ3n) is 3.99. The van der Waals surface area contributed by atoms with Crippen LogP contribution in [0.25, 0.3) is 0 Å². The molecule has 0 aliphatic rings. The summed E-state index contributed by atoms with van der Waals surface area (Å²) in [4.78, 5) is 23.8. The largest absolute Gasteiger partial charge is 0.481 e. The maximum Gasteiger partial charge on any atom is 0.326 e. The minimum atomic E-state index is -1.09. The van der Waals surface area contributed by atoms with E-state index in [0.717, 1.165) is 16.7 Å². The number of carbonyl (C=O) groups excluding carboxylic acids is 1. The molecule has 2 rings (SSSR count). The summed E-state index contributed by atoms with van der Waals surface area (Å²) in [5.41, 5.74) is 2.53. The number of ether oxygens (including phenoxy) is 1. The number of carboxylic acids is 1. The van der Waals surface area contributed by atoms with E-state index in [4.69, 9.17) is 16.3 Å². The number of carbonyl (C=O) groups is 2. The zero-order valence-electron chi connectivity index (χ0n) is 15.0. The van der Waals surface area contributed by atoms with Crippen molar-refractivity contribution in [1.82, 2.24) is 5.32 Å². The van der Waals surface area contributed by atoms with Gasteiger partial charge in [0.2, 0.25) is 0 Å². The van der Waals surface area contributed by atoms with Gasteiger partial charge in [-0.05, 0) is 49.6 Å². The Kier molecular flexibility index (Phi) is 6.64. The molecule has 0 saturated carbocycles. The van der Waals surface area contributed by atoms with Crippen molar-refractivity contribution in [2.75, 3.05) is 0 Å². The normalized spacial score (nSPS) is 12.9. The Balaban J connectivity index is 2.03. The molecule has 2 aromatic carbocycles. The average Bonchev–Trinajstić information content (AvgIpc) is 2.59. The SMILES string of the molecule is Cc1cc(OC(C)C(=O)NC(Cc2ccccc2)C(=O)O)cc(C)c1Cl. The van der Waals surface area contributed by atoms with Crippen molar-refractivity contribution in [3.63, 3.8) is 0 Å². The number of amides is 1. The van der Waals surface area contributed by atoms with Gasteiger partial charge in [-0.15, -0.1) is 0 Å². The zero-order chi connectivity index (χ0) is 19.3. The first-order chi connectivity index (χ1) is 12.3. The number of hydrogen-bond donors (Lipinski definition) is 2. The fourth-order valence-electron chi connectivity index (χ4n) is 2.57. The van der Waals surface area contributed by atoms with Gasteiger partial charge < -0.3 is 15.2 Å². The van der Waals surface area contributed by atoms with E-state index < -0.39 is 24.0 Å². The topological polar surface area (TPSA) is 75.6 Å². The van der Waals surface area contributed by atoms with Crippen LogP contribution in [-0.2, 0) is 16.0 Å². The fourth-order valence-corrected chi connectivity index (χ4v) is 2.68. The van der Waals surface area contributed by atoms with Gasteiger partial charge in [0.15, 0.2) is 6.10 Å². The van der Waals surface area contributed by atoms with Gasteiger partial charge in [-0.1, -0.05) is 41.9 Å². The molecule has 0 bridgehead atoms. The number of halogens is 1. The molecule has 0 heterocycles. The van der Waals surface area contributed by atoms with Gasteiger partial charge in [0, 0.05) is 11.4 Å². The Hall–Kier alpha value is -2.53. The van der Waals surface area contributed by atoms with E-state index in [1.165, 1.54) is 0 Å². The third kappa shape index (κ3) is 5.23. The Morgan fingerprint density at radius 3 is 2.27 bits per heavy atom. The second kappa shape index (κ2) is 8.72. The van der Waals surface area contributed by atoms with E-state index in [2.05, 4.69) is 5.32 Å². The van der Waals surface area contributed by atoms with Crippen LogP contribution < -0.4 is 10.1 Å². The van der Waals surface area contributed by atoms with Crippen LogP contribution in [0.15, 0.2) is 42.5 Å². The summed E-state index contributed by atoms with van der Waals surface area (Å²) in [6, 6.07) is 11.6. The van der Waals surface area contributed by atoms with Crippen LogP contribution in [-0.4, -0.2) is 29.1 Å². The van der Waals surface area contributed by atoms with E-state index in [1.807, 2.05) is 44.2 Å². The molecule has 0 aliphatic carbocycles. The summed E-state index contributed by atoms with van der Waals surface area (Å²) in [5.74, 6) is -1.06. The highest BCUT2D eigenvalue weighted by atomic mass is 35.5. The number of rotatable bonds is 7. The fraction of sp³-hybridized carbons (Fsp3) is 0.300. The standard InChI is InChI=1S/C20H22ClNO4/c1-12-9-16(10-13(2)18(12)21)26-14(3)19(23)22-17(20(24)25)11-15-7-5-4-6-8-15/h4-10,14,17H,11H2,1-3H3,(H,22,23)(H,24,25). The predicted molar refractivity (Wildman–Crippen MR) is 101 cm³/mol. The number of benzene rings is 2. The molecule has 0 fully saturated rings. The van der Waals surface area contributed by atoms with E-state index >= 15 is 0 Å². The number of carboxylic acid groups (broad SMARTS) is 1. The van der Waals surface area contributed by atoms with Gasteiger partial charge in [0.1, 0.15) is 11.8 Å². The minimum Gasteiger partial charge on any atom is -0.481 e. The molecule has 138 valence electrons. The van der Waals surface area contributed by atoms with Gasteiger partial charge in [0.25, 0.3) is 5.91 Å². The molecule has 0 aromatic heterocycles. The first-order valence-electron chi connectivity index (χ1n) is 8.28. The van der Waals surface area contributed by atoms with Crippen molar-refractivity contribution < 1.29 is 19.4 Å². The number of nitrogens with one attached hydrogen (secondary N) is 1. The van der Waals surface area contributed by atoms with Gasteiger partial charge in [0.05, 0.1) is 0 Å². The van der Waals surface area contributed by atoms with Crippen LogP contribution in [0.2, 0.25) is 5.02 Å².